The number of hydrogen-bond donors (Lipinski definition) is 0. The number of aryl methyl sites for hydroxylation is 1. The van der Waals surface area contributed by atoms with E-state index in [1.165, 1.54) is 0 Å². The molecule has 0 N–H and O–H groups in total. The molecule has 4 heterocycles. The molecule has 5 rings (SSSR count). The lowest BCUT2D eigenvalue weighted by Gasteiger charge is -2.37. The van der Waals surface area contributed by atoms with Gasteiger partial charge in [0.25, 0.3) is 0 Å². The van der Waals surface area contributed by atoms with E-state index in [4.69, 9.17) is 0 Å². The lowest BCUT2D eigenvalue weighted by atomic mass is 10.0. The zero-order chi connectivity index (χ0) is 23.7. The van der Waals surface area contributed by atoms with E-state index in [9.17, 15) is 4.79 Å². The van der Waals surface area contributed by atoms with Gasteiger partial charge in [-0.1, -0.05) is 23.5 Å². The zero-order valence-corrected chi connectivity index (χ0v) is 20.5. The van der Waals surface area contributed by atoms with Crippen LogP contribution in [-0.2, 0) is 6.42 Å². The van der Waals surface area contributed by atoms with Crippen LogP contribution in [0.25, 0.3) is 21.3 Å². The third-order valence-corrected chi connectivity index (χ3v) is 7.22. The summed E-state index contributed by atoms with van der Waals surface area (Å²) in [5.74, 6) is 0.921. The van der Waals surface area contributed by atoms with Crippen molar-refractivity contribution in [1.29, 1.82) is 0 Å². The summed E-state index contributed by atoms with van der Waals surface area (Å²) in [6, 6.07) is 12.4. The van der Waals surface area contributed by atoms with Gasteiger partial charge in [-0.2, -0.15) is 0 Å². The number of hydrogen-bond acceptors (Lipinski definition) is 8. The third kappa shape index (κ3) is 4.83. The van der Waals surface area contributed by atoms with Gasteiger partial charge in [-0.25, -0.2) is 4.98 Å². The molecular formula is C26H28N6OS. The summed E-state index contributed by atoms with van der Waals surface area (Å²) < 4.78 is 0. The van der Waals surface area contributed by atoms with Crippen LogP contribution >= 0.6 is 11.3 Å². The van der Waals surface area contributed by atoms with Crippen molar-refractivity contribution in [3.8, 4) is 10.6 Å². The van der Waals surface area contributed by atoms with E-state index < -0.39 is 0 Å². The van der Waals surface area contributed by atoms with Crippen LogP contribution in [0.1, 0.15) is 34.9 Å². The van der Waals surface area contributed by atoms with Gasteiger partial charge >= 0.3 is 0 Å². The molecule has 0 bridgehead atoms. The van der Waals surface area contributed by atoms with E-state index in [0.717, 1.165) is 64.0 Å². The predicted molar refractivity (Wildman–Crippen MR) is 137 cm³/mol. The Labute approximate surface area is 203 Å². The van der Waals surface area contributed by atoms with Crippen LogP contribution in [0.5, 0.6) is 0 Å². The van der Waals surface area contributed by atoms with Crippen LogP contribution < -0.4 is 4.90 Å². The Morgan fingerprint density at radius 1 is 1.00 bits per heavy atom. The van der Waals surface area contributed by atoms with Crippen molar-refractivity contribution in [2.75, 3.05) is 31.1 Å². The minimum absolute atomic E-state index is 0.0484. The van der Waals surface area contributed by atoms with Crippen molar-refractivity contribution < 1.29 is 4.79 Å². The summed E-state index contributed by atoms with van der Waals surface area (Å²) in [7, 11) is 0. The highest BCUT2D eigenvalue weighted by molar-refractivity contribution is 7.14. The van der Waals surface area contributed by atoms with Crippen LogP contribution in [0.2, 0.25) is 0 Å². The van der Waals surface area contributed by atoms with Crippen LogP contribution in [0.4, 0.5) is 5.82 Å². The van der Waals surface area contributed by atoms with Gasteiger partial charge in [-0.05, 0) is 50.4 Å². The number of nitrogens with zero attached hydrogens (tertiary/aromatic N) is 6. The van der Waals surface area contributed by atoms with Crippen molar-refractivity contribution in [2.45, 2.75) is 33.2 Å². The molecule has 34 heavy (non-hydrogen) atoms. The number of pyridine rings is 2. The number of carbonyl (C=O) groups excluding carboxylic acids is 1. The molecule has 0 radical (unpaired) electrons. The van der Waals surface area contributed by atoms with Crippen molar-refractivity contribution in [2.24, 2.45) is 0 Å². The van der Waals surface area contributed by atoms with E-state index in [2.05, 4.69) is 49.9 Å². The van der Waals surface area contributed by atoms with Gasteiger partial charge < -0.3 is 4.90 Å². The Balaban J connectivity index is 1.32. The molecule has 1 aliphatic heterocycles. The molecule has 0 saturated carbocycles. The van der Waals surface area contributed by atoms with Crippen LogP contribution in [0.3, 0.4) is 0 Å². The molecule has 7 nitrogen and oxygen atoms in total. The van der Waals surface area contributed by atoms with Crippen LogP contribution in [0, 0.1) is 6.92 Å². The number of piperazine rings is 1. The van der Waals surface area contributed by atoms with E-state index in [-0.39, 0.29) is 12.2 Å². The van der Waals surface area contributed by atoms with Crippen LogP contribution in [0.15, 0.2) is 48.8 Å². The molecule has 1 aromatic carbocycles. The average molecular weight is 473 g/mol. The third-order valence-electron chi connectivity index (χ3n) is 6.33. The largest absolute Gasteiger partial charge is 0.354 e. The first-order chi connectivity index (χ1) is 16.5. The van der Waals surface area contributed by atoms with Gasteiger partial charge in [0.2, 0.25) is 0 Å². The molecular weight excluding hydrogens is 444 g/mol. The number of benzene rings is 1. The highest BCUT2D eigenvalue weighted by atomic mass is 32.1. The second-order valence-electron chi connectivity index (χ2n) is 8.98. The van der Waals surface area contributed by atoms with Gasteiger partial charge in [0.15, 0.2) is 5.78 Å². The highest BCUT2D eigenvalue weighted by Gasteiger charge is 2.20. The fraction of sp³-hybridized carbons (Fsp3) is 0.346. The van der Waals surface area contributed by atoms with Gasteiger partial charge in [0, 0.05) is 66.8 Å². The average Bonchev–Trinajstić information content (AvgIpc) is 3.30. The summed E-state index contributed by atoms with van der Waals surface area (Å²) in [5.41, 5.74) is 2.46. The Morgan fingerprint density at radius 2 is 1.82 bits per heavy atom. The van der Waals surface area contributed by atoms with Gasteiger partial charge in [0.05, 0.1) is 6.42 Å². The Kier molecular flexibility index (Phi) is 6.34. The monoisotopic (exact) mass is 472 g/mol. The normalized spacial score (nSPS) is 14.8. The maximum atomic E-state index is 13.1. The molecule has 4 aromatic rings. The topological polar surface area (TPSA) is 75.1 Å². The summed E-state index contributed by atoms with van der Waals surface area (Å²) >= 11 is 1.57. The number of aromatic nitrogens is 4. The second-order valence-corrected chi connectivity index (χ2v) is 10.2. The standard InChI is InChI=1S/C26H28N6OS/c1-17(2)31-8-10-32(11-9-31)25-14-19(6-7-27-25)24(33)15-23-13-22-12-20(4-5-21(22)16-28-23)26-30-29-18(3)34-26/h4-7,12-14,16-17H,8-11,15H2,1-3H3. The second kappa shape index (κ2) is 9.56. The van der Waals surface area contributed by atoms with Crippen LogP contribution in [-0.4, -0.2) is 63.1 Å². The molecule has 1 saturated heterocycles. The Hall–Kier alpha value is -3.23. The lowest BCUT2D eigenvalue weighted by Crippen LogP contribution is -2.49. The molecule has 0 unspecified atom stereocenters. The summed E-state index contributed by atoms with van der Waals surface area (Å²) in [4.78, 5) is 26.9. The smallest absolute Gasteiger partial charge is 0.169 e. The molecule has 1 aliphatic rings. The van der Waals surface area contributed by atoms with E-state index >= 15 is 0 Å². The minimum atomic E-state index is 0.0484. The number of carbonyl (C=O) groups is 1. The number of anilines is 1. The first kappa shape index (κ1) is 22.6. The quantitative estimate of drug-likeness (QED) is 0.385. The highest BCUT2D eigenvalue weighted by Crippen LogP contribution is 2.27. The molecule has 0 atom stereocenters. The van der Waals surface area contributed by atoms with E-state index in [0.29, 0.717) is 11.6 Å². The zero-order valence-electron chi connectivity index (χ0n) is 19.7. The molecule has 3 aromatic heterocycles. The van der Waals surface area contributed by atoms with Crippen molar-refractivity contribution in [1.82, 2.24) is 25.1 Å². The first-order valence-corrected chi connectivity index (χ1v) is 12.5. The molecule has 0 aliphatic carbocycles. The van der Waals surface area contributed by atoms with Gasteiger partial charge in [-0.3, -0.25) is 14.7 Å². The predicted octanol–water partition coefficient (Wildman–Crippen LogP) is 4.41. The number of fused-ring (bicyclic) bond motifs is 1. The fourth-order valence-electron chi connectivity index (χ4n) is 4.33. The van der Waals surface area contributed by atoms with Gasteiger partial charge in [-0.15, -0.1) is 10.2 Å². The SMILES string of the molecule is Cc1nnc(-c2ccc3cnc(CC(=O)c4ccnc(N5CCN(C(C)C)CC5)c4)cc3c2)s1. The molecule has 174 valence electrons. The van der Waals surface area contributed by atoms with Gasteiger partial charge in [0.1, 0.15) is 15.8 Å². The van der Waals surface area contributed by atoms with Crippen molar-refractivity contribution in [3.63, 3.8) is 0 Å². The fourth-order valence-corrected chi connectivity index (χ4v) is 5.02. The van der Waals surface area contributed by atoms with Crippen molar-refractivity contribution >= 4 is 33.7 Å². The molecule has 8 heteroatoms. The number of rotatable bonds is 6. The summed E-state index contributed by atoms with van der Waals surface area (Å²) in [5, 5.41) is 12.3. The number of ketones is 1. The maximum Gasteiger partial charge on any atom is 0.169 e. The maximum absolute atomic E-state index is 13.1. The van der Waals surface area contributed by atoms with E-state index in [1.807, 2.05) is 37.4 Å². The minimum Gasteiger partial charge on any atom is -0.354 e. The Bertz CT molecular complexity index is 1330. The molecule has 0 spiro atoms. The summed E-state index contributed by atoms with van der Waals surface area (Å²) in [6.07, 6.45) is 3.82. The molecule has 1 fully saturated rings. The van der Waals surface area contributed by atoms with Crippen molar-refractivity contribution in [3.05, 3.63) is 65.1 Å². The van der Waals surface area contributed by atoms with E-state index in [1.54, 1.807) is 23.6 Å². The number of Topliss-reactive ketones (excluding diaryl/α,β-unsaturated/α-hetero) is 1. The Morgan fingerprint density at radius 3 is 2.56 bits per heavy atom. The first-order valence-electron chi connectivity index (χ1n) is 11.6. The molecule has 0 amide bonds. The lowest BCUT2D eigenvalue weighted by molar-refractivity contribution is 0.0992. The summed E-state index contributed by atoms with van der Waals surface area (Å²) in [6.45, 7) is 10.3.